The molecule has 5 fully saturated rings. The van der Waals surface area contributed by atoms with Crippen molar-refractivity contribution in [2.75, 3.05) is 6.61 Å². The van der Waals surface area contributed by atoms with Gasteiger partial charge in [0.15, 0.2) is 6.10 Å². The second-order valence-corrected chi connectivity index (χ2v) is 10.7. The molecule has 8 heteroatoms. The summed E-state index contributed by atoms with van der Waals surface area (Å²) >= 11 is 7.08. The first-order valence-corrected chi connectivity index (χ1v) is 11.0. The maximum atomic E-state index is 12.5. The molecule has 0 aromatic carbocycles. The number of cyclic esters (lactones) is 1. The maximum absolute atomic E-state index is 12.5. The molecule has 7 nitrogen and oxygen atoms in total. The molecule has 7 aliphatic rings. The standard InChI is InChI=1S/C21H23ClO7/c1-8(2)19-13(27-19)14-21(28-14)18(3)5-4-9-10(7-25-15(9)23)11(18)6-12(22)20(21)16(19)26-17(24)29-20/h8,11-14,16H,4-7H2,1-3H3/t11-,12+,13-,14-,16+,18-,19-,20+,21+/m0/s1. The molecule has 29 heavy (non-hydrogen) atoms. The van der Waals surface area contributed by atoms with E-state index in [1.54, 1.807) is 0 Å². The number of carbonyl (C=O) groups excluding carboxylic acids is 2. The number of esters is 1. The van der Waals surface area contributed by atoms with Gasteiger partial charge >= 0.3 is 12.1 Å². The third-order valence-corrected chi connectivity index (χ3v) is 9.73. The first-order valence-electron chi connectivity index (χ1n) is 10.5. The van der Waals surface area contributed by atoms with Crippen LogP contribution in [0.5, 0.6) is 0 Å². The number of ether oxygens (including phenoxy) is 5. The maximum Gasteiger partial charge on any atom is 0.509 e. The zero-order valence-electron chi connectivity index (χ0n) is 16.5. The highest BCUT2D eigenvalue weighted by Gasteiger charge is 2.99. The number of rotatable bonds is 1. The zero-order valence-corrected chi connectivity index (χ0v) is 17.3. The van der Waals surface area contributed by atoms with E-state index in [2.05, 4.69) is 20.8 Å². The highest BCUT2D eigenvalue weighted by Crippen LogP contribution is 2.80. The third-order valence-electron chi connectivity index (χ3n) is 9.23. The van der Waals surface area contributed by atoms with E-state index in [0.717, 1.165) is 17.6 Å². The highest BCUT2D eigenvalue weighted by molar-refractivity contribution is 6.22. The van der Waals surface area contributed by atoms with Crippen molar-refractivity contribution in [3.8, 4) is 0 Å². The molecule has 0 amide bonds. The van der Waals surface area contributed by atoms with Gasteiger partial charge < -0.3 is 23.7 Å². The third kappa shape index (κ3) is 1.48. The molecule has 0 N–H and O–H groups in total. The molecule has 4 aliphatic heterocycles. The van der Waals surface area contributed by atoms with Gasteiger partial charge in [-0.3, -0.25) is 0 Å². The molecule has 3 aliphatic carbocycles. The van der Waals surface area contributed by atoms with Gasteiger partial charge in [-0.1, -0.05) is 20.8 Å². The fourth-order valence-corrected chi connectivity index (χ4v) is 8.38. The lowest BCUT2D eigenvalue weighted by molar-refractivity contribution is -0.163. The van der Waals surface area contributed by atoms with E-state index >= 15 is 0 Å². The number of hydrogen-bond acceptors (Lipinski definition) is 7. The van der Waals surface area contributed by atoms with Gasteiger partial charge in [0.1, 0.15) is 30.0 Å². The van der Waals surface area contributed by atoms with Crippen LogP contribution in [0.4, 0.5) is 4.79 Å². The van der Waals surface area contributed by atoms with E-state index < -0.39 is 34.4 Å². The van der Waals surface area contributed by atoms with Gasteiger partial charge in [0, 0.05) is 11.0 Å². The molecule has 7 rings (SSSR count). The predicted molar refractivity (Wildman–Crippen MR) is 97.2 cm³/mol. The number of carbonyl (C=O) groups is 2. The summed E-state index contributed by atoms with van der Waals surface area (Å²) in [7, 11) is 0. The van der Waals surface area contributed by atoms with Gasteiger partial charge in [-0.05, 0) is 36.7 Å². The molecule has 4 heterocycles. The Morgan fingerprint density at radius 3 is 2.72 bits per heavy atom. The Labute approximate surface area is 173 Å². The summed E-state index contributed by atoms with van der Waals surface area (Å²) in [5, 5.41) is -0.509. The quantitative estimate of drug-likeness (QED) is 0.364. The van der Waals surface area contributed by atoms with Crippen molar-refractivity contribution in [1.29, 1.82) is 0 Å². The van der Waals surface area contributed by atoms with Crippen molar-refractivity contribution in [1.82, 2.24) is 0 Å². The summed E-state index contributed by atoms with van der Waals surface area (Å²) in [4.78, 5) is 24.7. The molecule has 2 saturated carbocycles. The average Bonchev–Trinajstić information content (AvgIpc) is 3.52. The van der Waals surface area contributed by atoms with Crippen LogP contribution >= 0.6 is 11.6 Å². The van der Waals surface area contributed by atoms with Gasteiger partial charge in [-0.2, -0.15) is 0 Å². The normalized spacial score (nSPS) is 58.2. The van der Waals surface area contributed by atoms with Gasteiger partial charge in [-0.15, -0.1) is 11.6 Å². The molecule has 0 bridgehead atoms. The van der Waals surface area contributed by atoms with E-state index in [9.17, 15) is 9.59 Å². The summed E-state index contributed by atoms with van der Waals surface area (Å²) in [5.74, 6) is -0.0382. The van der Waals surface area contributed by atoms with Crippen molar-refractivity contribution >= 4 is 23.7 Å². The lowest BCUT2D eigenvalue weighted by atomic mass is 9.45. The van der Waals surface area contributed by atoms with Crippen molar-refractivity contribution < 1.29 is 33.3 Å². The minimum absolute atomic E-state index is 0.0427. The van der Waals surface area contributed by atoms with Crippen LogP contribution in [-0.2, 0) is 28.5 Å². The van der Waals surface area contributed by atoms with Gasteiger partial charge in [0.25, 0.3) is 0 Å². The number of fused-ring (bicyclic) bond motifs is 5. The zero-order chi connectivity index (χ0) is 20.1. The van der Waals surface area contributed by atoms with Crippen LogP contribution < -0.4 is 0 Å². The number of halogens is 1. The van der Waals surface area contributed by atoms with Crippen molar-refractivity contribution in [3.63, 3.8) is 0 Å². The predicted octanol–water partition coefficient (Wildman–Crippen LogP) is 2.49. The van der Waals surface area contributed by atoms with E-state index in [1.165, 1.54) is 0 Å². The Morgan fingerprint density at radius 1 is 1.17 bits per heavy atom. The van der Waals surface area contributed by atoms with Gasteiger partial charge in [0.05, 0.1) is 5.38 Å². The Morgan fingerprint density at radius 2 is 1.97 bits per heavy atom. The van der Waals surface area contributed by atoms with Gasteiger partial charge in [-0.25, -0.2) is 9.59 Å². The van der Waals surface area contributed by atoms with E-state index in [0.29, 0.717) is 19.4 Å². The van der Waals surface area contributed by atoms with E-state index in [4.69, 9.17) is 35.3 Å². The molecule has 0 radical (unpaired) electrons. The lowest BCUT2D eigenvalue weighted by Gasteiger charge is -2.59. The Hall–Kier alpha value is -1.31. The van der Waals surface area contributed by atoms with E-state index in [1.807, 2.05) is 0 Å². The summed E-state index contributed by atoms with van der Waals surface area (Å²) < 4.78 is 30.0. The monoisotopic (exact) mass is 422 g/mol. The number of hydrogen-bond donors (Lipinski definition) is 0. The van der Waals surface area contributed by atoms with Crippen LogP contribution in [-0.4, -0.2) is 59.2 Å². The molecule has 2 spiro atoms. The molecule has 0 unspecified atom stereocenters. The summed E-state index contributed by atoms with van der Waals surface area (Å²) in [6, 6.07) is 0. The fourth-order valence-electron chi connectivity index (χ4n) is 7.88. The first-order chi connectivity index (χ1) is 13.7. The second kappa shape index (κ2) is 4.63. The Bertz CT molecular complexity index is 930. The summed E-state index contributed by atoms with van der Waals surface area (Å²) in [5.41, 5.74) is -0.967. The van der Waals surface area contributed by atoms with E-state index in [-0.39, 0.29) is 35.4 Å². The molecule has 9 atom stereocenters. The van der Waals surface area contributed by atoms with Crippen molar-refractivity contribution in [3.05, 3.63) is 11.1 Å². The van der Waals surface area contributed by atoms with Crippen LogP contribution in [0.2, 0.25) is 0 Å². The van der Waals surface area contributed by atoms with Crippen molar-refractivity contribution in [2.24, 2.45) is 17.3 Å². The second-order valence-electron chi connectivity index (χ2n) is 10.2. The van der Waals surface area contributed by atoms with Crippen LogP contribution in [0, 0.1) is 17.3 Å². The van der Waals surface area contributed by atoms with Crippen molar-refractivity contribution in [2.45, 2.75) is 80.5 Å². The molecule has 3 saturated heterocycles. The van der Waals surface area contributed by atoms with Crippen LogP contribution in [0.15, 0.2) is 11.1 Å². The van der Waals surface area contributed by atoms with Crippen LogP contribution in [0.25, 0.3) is 0 Å². The minimum Gasteiger partial charge on any atom is -0.458 e. The van der Waals surface area contributed by atoms with Crippen LogP contribution in [0.1, 0.15) is 40.0 Å². The molecule has 0 aromatic heterocycles. The average molecular weight is 423 g/mol. The Kier molecular flexibility index (Phi) is 2.77. The summed E-state index contributed by atoms with van der Waals surface area (Å²) in [6.07, 6.45) is 0.362. The summed E-state index contributed by atoms with van der Waals surface area (Å²) in [6.45, 7) is 6.67. The van der Waals surface area contributed by atoms with Gasteiger partial charge in [0.2, 0.25) is 5.60 Å². The molecule has 156 valence electrons. The largest absolute Gasteiger partial charge is 0.509 e. The fraction of sp³-hybridized carbons (Fsp3) is 0.810. The number of epoxide rings is 2. The Balaban J connectivity index is 1.44. The van der Waals surface area contributed by atoms with Crippen LogP contribution in [0.3, 0.4) is 0 Å². The molecule has 0 aromatic rings. The highest BCUT2D eigenvalue weighted by atomic mass is 35.5. The first kappa shape index (κ1) is 17.4. The minimum atomic E-state index is -1.08. The lowest BCUT2D eigenvalue weighted by Crippen LogP contribution is -2.76. The molecular formula is C21H23ClO7. The molecular weight excluding hydrogens is 400 g/mol. The number of alkyl halides is 1. The SMILES string of the molecule is CC(C)[C@]12O[C@H]1[C@@H]1O[C@]13[C@@]1(OC(=O)O[C@H]21)[C@H](Cl)C[C@H]1C2=C(CC[C@@]13C)C(=O)OC2. The smallest absolute Gasteiger partial charge is 0.458 e. The topological polar surface area (TPSA) is 86.9 Å².